The summed E-state index contributed by atoms with van der Waals surface area (Å²) in [5.74, 6) is 0.523. The van der Waals surface area contributed by atoms with Gasteiger partial charge in [0, 0.05) is 25.5 Å². The number of carbonyl (C=O) groups excluding carboxylic acids is 1. The number of amides is 1. The first-order valence-corrected chi connectivity index (χ1v) is 9.50. The highest BCUT2D eigenvalue weighted by atomic mass is 32.2. The van der Waals surface area contributed by atoms with Crippen LogP contribution < -0.4 is 0 Å². The Morgan fingerprint density at radius 2 is 2.16 bits per heavy atom. The average Bonchev–Trinajstić information content (AvgIpc) is 3.02. The molecule has 1 amide bonds. The summed E-state index contributed by atoms with van der Waals surface area (Å²) in [5.41, 5.74) is 3.24. The third kappa shape index (κ3) is 4.25. The van der Waals surface area contributed by atoms with Crippen molar-refractivity contribution in [2.24, 2.45) is 0 Å². The van der Waals surface area contributed by atoms with Gasteiger partial charge in [-0.25, -0.2) is 4.98 Å². The van der Waals surface area contributed by atoms with E-state index in [0.717, 1.165) is 10.8 Å². The third-order valence-corrected chi connectivity index (χ3v) is 5.29. The van der Waals surface area contributed by atoms with Crippen LogP contribution in [0.1, 0.15) is 25.0 Å². The second-order valence-electron chi connectivity index (χ2n) is 7.08. The van der Waals surface area contributed by atoms with Crippen LogP contribution in [0.5, 0.6) is 0 Å². The second kappa shape index (κ2) is 7.22. The molecule has 5 nitrogen and oxygen atoms in total. The first-order chi connectivity index (χ1) is 11.9. The molecule has 3 rings (SSSR count). The number of hydrogen-bond donors (Lipinski definition) is 0. The average molecular weight is 359 g/mol. The van der Waals surface area contributed by atoms with Crippen LogP contribution >= 0.6 is 11.8 Å². The van der Waals surface area contributed by atoms with E-state index in [1.807, 2.05) is 24.9 Å². The molecule has 1 saturated heterocycles. The minimum atomic E-state index is -0.268. The summed E-state index contributed by atoms with van der Waals surface area (Å²) in [7, 11) is 0. The molecule has 1 fully saturated rings. The largest absolute Gasteiger partial charge is 0.372 e. The van der Waals surface area contributed by atoms with Crippen molar-refractivity contribution in [1.29, 1.82) is 0 Å². The van der Waals surface area contributed by atoms with E-state index in [-0.39, 0.29) is 11.5 Å². The lowest BCUT2D eigenvalue weighted by Gasteiger charge is -2.38. The van der Waals surface area contributed by atoms with Crippen molar-refractivity contribution in [3.63, 3.8) is 0 Å². The third-order valence-electron chi connectivity index (χ3n) is 4.33. The SMILES string of the molecule is Cc1ccc(C)c(-n2ccnc2SCC(=O)N2CCOC(C)(C)C2)c1. The molecule has 0 bridgehead atoms. The summed E-state index contributed by atoms with van der Waals surface area (Å²) in [6, 6.07) is 6.36. The number of imidazole rings is 1. The maximum Gasteiger partial charge on any atom is 0.233 e. The van der Waals surface area contributed by atoms with E-state index in [1.54, 1.807) is 6.20 Å². The van der Waals surface area contributed by atoms with Crippen LogP contribution in [0, 0.1) is 13.8 Å². The standard InChI is InChI=1S/C19H25N3O2S/c1-14-5-6-15(2)16(11-14)22-8-7-20-18(22)25-12-17(23)21-9-10-24-19(3,4)13-21/h5-8,11H,9-10,12-13H2,1-4H3. The number of carbonyl (C=O) groups is 1. The predicted octanol–water partition coefficient (Wildman–Crippen LogP) is 3.22. The van der Waals surface area contributed by atoms with Crippen LogP contribution in [0.4, 0.5) is 0 Å². The van der Waals surface area contributed by atoms with Crippen molar-refractivity contribution in [3.8, 4) is 5.69 Å². The molecule has 0 N–H and O–H groups in total. The van der Waals surface area contributed by atoms with Crippen LogP contribution in [0.15, 0.2) is 35.7 Å². The van der Waals surface area contributed by atoms with Crippen LogP contribution in [-0.4, -0.2) is 51.4 Å². The van der Waals surface area contributed by atoms with Crippen molar-refractivity contribution >= 4 is 17.7 Å². The number of thioether (sulfide) groups is 1. The molecule has 2 aromatic rings. The summed E-state index contributed by atoms with van der Waals surface area (Å²) in [6.07, 6.45) is 3.73. The Morgan fingerprint density at radius 3 is 2.92 bits per heavy atom. The molecule has 134 valence electrons. The second-order valence-corrected chi connectivity index (χ2v) is 8.02. The summed E-state index contributed by atoms with van der Waals surface area (Å²) in [5, 5.41) is 0.842. The zero-order valence-electron chi connectivity index (χ0n) is 15.3. The monoisotopic (exact) mass is 359 g/mol. The molecule has 0 unspecified atom stereocenters. The molecule has 0 atom stereocenters. The zero-order chi connectivity index (χ0) is 18.0. The fraction of sp³-hybridized carbons (Fsp3) is 0.474. The number of rotatable bonds is 4. The van der Waals surface area contributed by atoms with Gasteiger partial charge in [-0.1, -0.05) is 23.9 Å². The summed E-state index contributed by atoms with van der Waals surface area (Å²) in [4.78, 5) is 18.9. The minimum Gasteiger partial charge on any atom is -0.372 e. The van der Waals surface area contributed by atoms with E-state index < -0.39 is 0 Å². The van der Waals surface area contributed by atoms with E-state index >= 15 is 0 Å². The van der Waals surface area contributed by atoms with Crippen LogP contribution in [0.3, 0.4) is 0 Å². The minimum absolute atomic E-state index is 0.136. The van der Waals surface area contributed by atoms with Gasteiger partial charge in [0.1, 0.15) is 0 Å². The lowest BCUT2D eigenvalue weighted by molar-refractivity contribution is -0.143. The molecule has 1 aliphatic rings. The van der Waals surface area contributed by atoms with Gasteiger partial charge < -0.3 is 9.64 Å². The maximum absolute atomic E-state index is 12.6. The number of ether oxygens (including phenoxy) is 1. The van der Waals surface area contributed by atoms with E-state index in [1.165, 1.54) is 22.9 Å². The van der Waals surface area contributed by atoms with Gasteiger partial charge in [-0.3, -0.25) is 9.36 Å². The molecule has 6 heteroatoms. The molecule has 0 spiro atoms. The molecule has 0 saturated carbocycles. The fourth-order valence-electron chi connectivity index (χ4n) is 3.01. The first kappa shape index (κ1) is 18.0. The highest BCUT2D eigenvalue weighted by molar-refractivity contribution is 7.99. The van der Waals surface area contributed by atoms with Crippen molar-refractivity contribution in [2.45, 2.75) is 38.5 Å². The highest BCUT2D eigenvalue weighted by Crippen LogP contribution is 2.24. The van der Waals surface area contributed by atoms with Crippen molar-refractivity contribution in [2.75, 3.05) is 25.4 Å². The van der Waals surface area contributed by atoms with Crippen LogP contribution in [0.2, 0.25) is 0 Å². The van der Waals surface area contributed by atoms with Gasteiger partial charge >= 0.3 is 0 Å². The Balaban J connectivity index is 1.70. The summed E-state index contributed by atoms with van der Waals surface area (Å²) < 4.78 is 7.74. The normalized spacial score (nSPS) is 16.9. The maximum atomic E-state index is 12.6. The quantitative estimate of drug-likeness (QED) is 0.787. The Kier molecular flexibility index (Phi) is 5.20. The molecular formula is C19H25N3O2S. The smallest absolute Gasteiger partial charge is 0.233 e. The lowest BCUT2D eigenvalue weighted by Crippen LogP contribution is -2.51. The molecular weight excluding hydrogens is 334 g/mol. The summed E-state index contributed by atoms with van der Waals surface area (Å²) >= 11 is 1.48. The molecule has 0 aliphatic carbocycles. The van der Waals surface area contributed by atoms with Gasteiger partial charge in [-0.2, -0.15) is 0 Å². The van der Waals surface area contributed by atoms with Gasteiger partial charge in [-0.05, 0) is 44.9 Å². The highest BCUT2D eigenvalue weighted by Gasteiger charge is 2.29. The number of aromatic nitrogens is 2. The zero-order valence-corrected chi connectivity index (χ0v) is 16.1. The number of morpholine rings is 1. The van der Waals surface area contributed by atoms with E-state index in [0.29, 0.717) is 25.4 Å². The van der Waals surface area contributed by atoms with Gasteiger partial charge in [0.15, 0.2) is 5.16 Å². The molecule has 25 heavy (non-hydrogen) atoms. The fourth-order valence-corrected chi connectivity index (χ4v) is 3.87. The van der Waals surface area contributed by atoms with Gasteiger partial charge in [0.25, 0.3) is 0 Å². The Labute approximate surface area is 153 Å². The lowest BCUT2D eigenvalue weighted by atomic mass is 10.1. The molecule has 0 radical (unpaired) electrons. The molecule has 1 aromatic heterocycles. The number of nitrogens with zero attached hydrogens (tertiary/aromatic N) is 3. The molecule has 1 aliphatic heterocycles. The Morgan fingerprint density at radius 1 is 1.36 bits per heavy atom. The topological polar surface area (TPSA) is 47.4 Å². The first-order valence-electron chi connectivity index (χ1n) is 8.51. The van der Waals surface area contributed by atoms with Crippen molar-refractivity contribution in [1.82, 2.24) is 14.5 Å². The number of aryl methyl sites for hydroxylation is 2. The van der Waals surface area contributed by atoms with Gasteiger partial charge in [0.05, 0.1) is 23.6 Å². The van der Waals surface area contributed by atoms with E-state index in [2.05, 4.69) is 41.6 Å². The Hall–Kier alpha value is -1.79. The van der Waals surface area contributed by atoms with Gasteiger partial charge in [-0.15, -0.1) is 0 Å². The number of benzene rings is 1. The van der Waals surface area contributed by atoms with Crippen LogP contribution in [-0.2, 0) is 9.53 Å². The van der Waals surface area contributed by atoms with Crippen LogP contribution in [0.25, 0.3) is 5.69 Å². The van der Waals surface area contributed by atoms with Gasteiger partial charge in [0.2, 0.25) is 5.91 Å². The van der Waals surface area contributed by atoms with E-state index in [4.69, 9.17) is 4.74 Å². The number of hydrogen-bond acceptors (Lipinski definition) is 4. The molecule has 1 aromatic carbocycles. The van der Waals surface area contributed by atoms with E-state index in [9.17, 15) is 4.79 Å². The van der Waals surface area contributed by atoms with Crippen molar-refractivity contribution < 1.29 is 9.53 Å². The van der Waals surface area contributed by atoms with Crippen molar-refractivity contribution in [3.05, 3.63) is 41.7 Å². The molecule has 2 heterocycles. The predicted molar refractivity (Wildman–Crippen MR) is 100 cm³/mol. The Bertz CT molecular complexity index is 770. The summed E-state index contributed by atoms with van der Waals surface area (Å²) in [6.45, 7) is 10.1.